The normalized spacial score (nSPS) is 10.4. The first-order valence-corrected chi connectivity index (χ1v) is 6.51. The average molecular weight is 270 g/mol. The number of carbonyl (C=O) groups excluding carboxylic acids is 2. The number of nitrogen functional groups attached to an aromatic ring is 1. The van der Waals surface area contributed by atoms with Crippen molar-refractivity contribution in [3.63, 3.8) is 0 Å². The fourth-order valence-electron chi connectivity index (χ4n) is 1.17. The number of anilines is 1. The largest absolute Gasteiger partial charge is 0.451 e. The lowest BCUT2D eigenvalue weighted by molar-refractivity contribution is -0.124. The molecule has 0 atom stereocenters. The van der Waals surface area contributed by atoms with E-state index < -0.39 is 5.97 Å². The Morgan fingerprint density at radius 3 is 2.67 bits per heavy atom. The highest BCUT2D eigenvalue weighted by atomic mass is 32.1. The van der Waals surface area contributed by atoms with Gasteiger partial charge in [-0.1, -0.05) is 13.8 Å². The van der Waals surface area contributed by atoms with Crippen LogP contribution in [0.2, 0.25) is 0 Å². The molecule has 0 saturated carbocycles. The summed E-state index contributed by atoms with van der Waals surface area (Å²) in [5.74, 6) is -0.442. The molecule has 18 heavy (non-hydrogen) atoms. The molecule has 3 N–H and O–H groups in total. The molecule has 0 saturated heterocycles. The molecule has 1 aromatic rings. The maximum absolute atomic E-state index is 11.6. The number of esters is 1. The Morgan fingerprint density at radius 2 is 2.17 bits per heavy atom. The van der Waals surface area contributed by atoms with Crippen LogP contribution < -0.4 is 11.1 Å². The molecule has 6 heteroatoms. The third kappa shape index (κ3) is 4.37. The molecule has 0 bridgehead atoms. The van der Waals surface area contributed by atoms with Crippen molar-refractivity contribution in [1.82, 2.24) is 5.32 Å². The third-order valence-electron chi connectivity index (χ3n) is 2.20. The molecule has 1 amide bonds. The fourth-order valence-corrected chi connectivity index (χ4v) is 2.00. The molecule has 0 aliphatic rings. The highest BCUT2D eigenvalue weighted by Gasteiger charge is 2.14. The van der Waals surface area contributed by atoms with E-state index in [1.807, 2.05) is 20.8 Å². The number of nitrogens with one attached hydrogen (secondary N) is 1. The maximum Gasteiger partial charge on any atom is 0.348 e. The van der Waals surface area contributed by atoms with Gasteiger partial charge in [-0.05, 0) is 18.9 Å². The van der Waals surface area contributed by atoms with Crippen LogP contribution in [0.3, 0.4) is 0 Å². The van der Waals surface area contributed by atoms with Gasteiger partial charge >= 0.3 is 5.97 Å². The molecule has 0 aliphatic carbocycles. The smallest absolute Gasteiger partial charge is 0.348 e. The summed E-state index contributed by atoms with van der Waals surface area (Å²) in [6, 6.07) is 1.56. The number of nitrogens with two attached hydrogens (primary N) is 1. The highest BCUT2D eigenvalue weighted by Crippen LogP contribution is 2.23. The van der Waals surface area contributed by atoms with Gasteiger partial charge in [-0.3, -0.25) is 4.79 Å². The lowest BCUT2D eigenvalue weighted by Crippen LogP contribution is -2.31. The van der Waals surface area contributed by atoms with Crippen molar-refractivity contribution in [2.75, 3.05) is 18.9 Å². The predicted molar refractivity (Wildman–Crippen MR) is 71.6 cm³/mol. The Balaban J connectivity index is 2.39. The third-order valence-corrected chi connectivity index (χ3v) is 3.25. The van der Waals surface area contributed by atoms with Crippen molar-refractivity contribution >= 4 is 28.9 Å². The van der Waals surface area contributed by atoms with E-state index in [1.165, 1.54) is 11.3 Å². The lowest BCUT2D eigenvalue weighted by atomic mass is 10.2. The molecule has 0 radical (unpaired) electrons. The molecule has 0 fully saturated rings. The highest BCUT2D eigenvalue weighted by molar-refractivity contribution is 7.14. The molecule has 100 valence electrons. The molecule has 0 aromatic carbocycles. The van der Waals surface area contributed by atoms with Gasteiger partial charge in [0, 0.05) is 17.1 Å². The molecular formula is C12H18N2O3S. The molecular weight excluding hydrogens is 252 g/mol. The summed E-state index contributed by atoms with van der Waals surface area (Å²) in [6.45, 7) is 6.11. The van der Waals surface area contributed by atoms with E-state index in [-0.39, 0.29) is 12.5 Å². The van der Waals surface area contributed by atoms with Gasteiger partial charge in [-0.15, -0.1) is 11.3 Å². The second-order valence-corrected chi connectivity index (χ2v) is 5.65. The quantitative estimate of drug-likeness (QED) is 0.796. The van der Waals surface area contributed by atoms with Crippen LogP contribution in [-0.2, 0) is 9.53 Å². The van der Waals surface area contributed by atoms with Gasteiger partial charge in [0.15, 0.2) is 6.61 Å². The Hall–Kier alpha value is -1.56. The predicted octanol–water partition coefficient (Wildman–Crippen LogP) is 1.57. The number of hydrogen-bond donors (Lipinski definition) is 2. The SMILES string of the molecule is Cc1sc(C(=O)OCC(=O)NCC(C)C)cc1N. The summed E-state index contributed by atoms with van der Waals surface area (Å²) in [5, 5.41) is 2.67. The zero-order chi connectivity index (χ0) is 13.7. The van der Waals surface area contributed by atoms with Crippen LogP contribution >= 0.6 is 11.3 Å². The van der Waals surface area contributed by atoms with Crippen LogP contribution in [0.5, 0.6) is 0 Å². The Kier molecular flexibility index (Phi) is 5.15. The standard InChI is InChI=1S/C12H18N2O3S/c1-7(2)5-14-11(15)6-17-12(16)10-4-9(13)8(3)18-10/h4,7H,5-6,13H2,1-3H3,(H,14,15). The Bertz CT molecular complexity index is 421. The van der Waals surface area contributed by atoms with Crippen molar-refractivity contribution in [3.8, 4) is 0 Å². The first kappa shape index (κ1) is 14.5. The van der Waals surface area contributed by atoms with Gasteiger partial charge in [-0.25, -0.2) is 4.79 Å². The zero-order valence-electron chi connectivity index (χ0n) is 10.8. The van der Waals surface area contributed by atoms with E-state index in [4.69, 9.17) is 10.5 Å². The summed E-state index contributed by atoms with van der Waals surface area (Å²) in [5.41, 5.74) is 6.20. The van der Waals surface area contributed by atoms with E-state index in [0.29, 0.717) is 23.0 Å². The van der Waals surface area contributed by atoms with Gasteiger partial charge < -0.3 is 15.8 Å². The van der Waals surface area contributed by atoms with Crippen LogP contribution in [0, 0.1) is 12.8 Å². The van der Waals surface area contributed by atoms with Crippen molar-refractivity contribution in [1.29, 1.82) is 0 Å². The Labute approximate surface area is 110 Å². The molecule has 0 unspecified atom stereocenters. The van der Waals surface area contributed by atoms with E-state index in [9.17, 15) is 9.59 Å². The van der Waals surface area contributed by atoms with E-state index in [2.05, 4.69) is 5.32 Å². The van der Waals surface area contributed by atoms with Crippen LogP contribution in [-0.4, -0.2) is 25.0 Å². The number of rotatable bonds is 5. The first-order valence-electron chi connectivity index (χ1n) is 5.70. The van der Waals surface area contributed by atoms with Crippen molar-refractivity contribution in [3.05, 3.63) is 15.8 Å². The van der Waals surface area contributed by atoms with Crippen LogP contribution in [0.4, 0.5) is 5.69 Å². The number of thiophene rings is 1. The molecule has 0 spiro atoms. The molecule has 1 heterocycles. The second kappa shape index (κ2) is 6.39. The minimum absolute atomic E-state index is 0.262. The molecule has 1 aromatic heterocycles. The van der Waals surface area contributed by atoms with E-state index in [0.717, 1.165) is 4.88 Å². The topological polar surface area (TPSA) is 81.4 Å². The first-order chi connectivity index (χ1) is 8.40. The van der Waals surface area contributed by atoms with E-state index >= 15 is 0 Å². The summed E-state index contributed by atoms with van der Waals surface area (Å²) < 4.78 is 4.89. The Morgan fingerprint density at radius 1 is 1.50 bits per heavy atom. The average Bonchev–Trinajstić information content (AvgIpc) is 2.64. The fraction of sp³-hybridized carbons (Fsp3) is 0.500. The zero-order valence-corrected chi connectivity index (χ0v) is 11.6. The summed E-state index contributed by atoms with van der Waals surface area (Å²) in [7, 11) is 0. The van der Waals surface area contributed by atoms with Crippen LogP contribution in [0.1, 0.15) is 28.4 Å². The lowest BCUT2D eigenvalue weighted by Gasteiger charge is -2.07. The molecule has 0 aliphatic heterocycles. The second-order valence-electron chi connectivity index (χ2n) is 4.40. The number of hydrogen-bond acceptors (Lipinski definition) is 5. The number of amides is 1. The van der Waals surface area contributed by atoms with E-state index in [1.54, 1.807) is 6.07 Å². The van der Waals surface area contributed by atoms with Crippen LogP contribution in [0.15, 0.2) is 6.07 Å². The number of carbonyl (C=O) groups is 2. The minimum Gasteiger partial charge on any atom is -0.451 e. The number of ether oxygens (including phenoxy) is 1. The minimum atomic E-state index is -0.514. The number of aryl methyl sites for hydroxylation is 1. The monoisotopic (exact) mass is 270 g/mol. The maximum atomic E-state index is 11.6. The van der Waals surface area contributed by atoms with Gasteiger partial charge in [0.05, 0.1) is 0 Å². The van der Waals surface area contributed by atoms with Crippen molar-refractivity contribution < 1.29 is 14.3 Å². The van der Waals surface area contributed by atoms with Gasteiger partial charge in [0.25, 0.3) is 5.91 Å². The van der Waals surface area contributed by atoms with Crippen molar-refractivity contribution in [2.45, 2.75) is 20.8 Å². The van der Waals surface area contributed by atoms with Gasteiger partial charge in [0.2, 0.25) is 0 Å². The van der Waals surface area contributed by atoms with Crippen LogP contribution in [0.25, 0.3) is 0 Å². The summed E-state index contributed by atoms with van der Waals surface area (Å²) in [6.07, 6.45) is 0. The van der Waals surface area contributed by atoms with Gasteiger partial charge in [-0.2, -0.15) is 0 Å². The molecule has 5 nitrogen and oxygen atoms in total. The van der Waals surface area contributed by atoms with Gasteiger partial charge in [0.1, 0.15) is 4.88 Å². The van der Waals surface area contributed by atoms with Crippen molar-refractivity contribution in [2.24, 2.45) is 5.92 Å². The summed E-state index contributed by atoms with van der Waals surface area (Å²) in [4.78, 5) is 24.2. The molecule has 1 rings (SSSR count). The summed E-state index contributed by atoms with van der Waals surface area (Å²) >= 11 is 1.26.